The van der Waals surface area contributed by atoms with Crippen LogP contribution in [0.5, 0.6) is 0 Å². The summed E-state index contributed by atoms with van der Waals surface area (Å²) in [6.45, 7) is 7.20. The van der Waals surface area contributed by atoms with Crippen LogP contribution in [0.1, 0.15) is 11.1 Å². The van der Waals surface area contributed by atoms with Crippen molar-refractivity contribution in [2.75, 3.05) is 0 Å². The van der Waals surface area contributed by atoms with Gasteiger partial charge in [0.05, 0.1) is 22.4 Å². The largest absolute Gasteiger partial charge is 1.00 e. The molecule has 0 aromatic heterocycles. The molecule has 3 rings (SSSR count). The Morgan fingerprint density at radius 3 is 1.57 bits per heavy atom. The maximum Gasteiger partial charge on any atom is 1.00 e. The van der Waals surface area contributed by atoms with Crippen molar-refractivity contribution in [1.82, 2.24) is 0 Å². The number of ether oxygens (including phenoxy) is 1. The van der Waals surface area contributed by atoms with Crippen LogP contribution >= 0.6 is 0 Å². The van der Waals surface area contributed by atoms with E-state index in [9.17, 15) is 31.2 Å². The normalized spacial score (nSPS) is 13.4. The summed E-state index contributed by atoms with van der Waals surface area (Å²) in [7, 11) is -9.47. The Morgan fingerprint density at radius 1 is 0.811 bits per heavy atom. The Bertz CT molecular complexity index is 1520. The number of nitrogens with zero attached hydrogens (tertiary/aromatic N) is 2. The molecule has 0 N–H and O–H groups in total. The molecule has 1 heterocycles. The number of allylic oxidation sites excluding steroid dienone is 6. The third kappa shape index (κ3) is 8.92. The summed E-state index contributed by atoms with van der Waals surface area (Å²) in [5.41, 5.74) is 0.131. The van der Waals surface area contributed by atoms with E-state index in [-0.39, 0.29) is 93.0 Å². The number of hydrogen-bond donors (Lipinski definition) is 0. The number of nitriles is 1. The minimum atomic E-state index is -4.74. The molecule has 0 fully saturated rings. The Morgan fingerprint density at radius 2 is 1.22 bits per heavy atom. The van der Waals surface area contributed by atoms with Gasteiger partial charge in [-0.15, -0.1) is 0 Å². The molecule has 176 valence electrons. The van der Waals surface area contributed by atoms with Gasteiger partial charge in [-0.25, -0.2) is 26.9 Å². The van der Waals surface area contributed by atoms with Crippen molar-refractivity contribution in [3.63, 3.8) is 0 Å². The van der Waals surface area contributed by atoms with Crippen LogP contribution in [-0.2, 0) is 25.0 Å². The monoisotopic (exact) mass is 552 g/mol. The summed E-state index contributed by atoms with van der Waals surface area (Å²) in [4.78, 5) is 2.29. The fourth-order valence-corrected chi connectivity index (χ4v) is 4.37. The molecule has 9 nitrogen and oxygen atoms in total. The zero-order valence-corrected chi connectivity index (χ0v) is 25.3. The minimum absolute atomic E-state index is 0. The quantitative estimate of drug-likeness (QED) is 0.168. The molecule has 1 aliphatic rings. The molecule has 1 aliphatic heterocycles. The standard InChI is InChI=1S/C24H16N2O7S2.2Na/c1-26-22(16-25)19-14-20(12-10-17-6-2-4-8-23(17)34(27,28)29)33-21(15-19)13-11-18-7-3-5-9-24(18)35(30,31)32;;/h2-15H,(H,27,28,29)(H,30,31,32);;/q;2*+1/p-2/b12-10+,13-11+;;. The molecule has 0 aliphatic carbocycles. The van der Waals surface area contributed by atoms with E-state index in [0.29, 0.717) is 0 Å². The van der Waals surface area contributed by atoms with Crippen molar-refractivity contribution in [1.29, 1.82) is 5.26 Å². The average molecular weight is 552 g/mol. The summed E-state index contributed by atoms with van der Waals surface area (Å²) in [5.74, 6) is 0.197. The molecular weight excluding hydrogens is 538 g/mol. The molecule has 0 saturated heterocycles. The third-order valence-corrected chi connectivity index (χ3v) is 6.37. The van der Waals surface area contributed by atoms with Crippen molar-refractivity contribution < 1.29 is 89.8 Å². The van der Waals surface area contributed by atoms with Gasteiger partial charge in [0.25, 0.3) is 5.70 Å². The Kier molecular flexibility index (Phi) is 12.4. The van der Waals surface area contributed by atoms with Gasteiger partial charge in [-0.1, -0.05) is 48.6 Å². The van der Waals surface area contributed by atoms with Crippen LogP contribution in [0.2, 0.25) is 0 Å². The molecule has 0 atom stereocenters. The van der Waals surface area contributed by atoms with E-state index in [4.69, 9.17) is 11.3 Å². The summed E-state index contributed by atoms with van der Waals surface area (Å²) in [6, 6.07) is 12.8. The molecule has 2 aromatic rings. The first-order valence-corrected chi connectivity index (χ1v) is 12.4. The number of benzene rings is 2. The molecule has 37 heavy (non-hydrogen) atoms. The maximum atomic E-state index is 11.5. The van der Waals surface area contributed by atoms with E-state index in [1.807, 2.05) is 0 Å². The molecule has 0 radical (unpaired) electrons. The van der Waals surface area contributed by atoms with Crippen LogP contribution in [0.25, 0.3) is 17.0 Å². The van der Waals surface area contributed by atoms with Crippen LogP contribution < -0.4 is 59.1 Å². The second-order valence-corrected chi connectivity index (χ2v) is 9.57. The molecule has 0 bridgehead atoms. The summed E-state index contributed by atoms with van der Waals surface area (Å²) in [5, 5.41) is 9.26. The Labute approximate surface area is 259 Å². The van der Waals surface area contributed by atoms with E-state index in [2.05, 4.69) is 4.85 Å². The van der Waals surface area contributed by atoms with Gasteiger partial charge in [0.15, 0.2) is 0 Å². The first-order chi connectivity index (χ1) is 16.5. The fraction of sp³-hybridized carbons (Fsp3) is 0. The zero-order valence-electron chi connectivity index (χ0n) is 19.7. The molecule has 13 heteroatoms. The minimum Gasteiger partial charge on any atom is -0.744 e. The van der Waals surface area contributed by atoms with Crippen molar-refractivity contribution in [2.45, 2.75) is 9.79 Å². The van der Waals surface area contributed by atoms with E-state index in [0.717, 1.165) is 12.1 Å². The van der Waals surface area contributed by atoms with Crippen molar-refractivity contribution in [3.05, 3.63) is 118 Å². The zero-order chi connectivity index (χ0) is 25.6. The fourth-order valence-electron chi connectivity index (χ4n) is 3.03. The maximum absolute atomic E-state index is 11.5. The van der Waals surface area contributed by atoms with Crippen LogP contribution in [0.15, 0.2) is 105 Å². The SMILES string of the molecule is [C-]#[N+]C(C#N)=C1C=C(/C=C/c2ccccc2S(=O)(=O)[O-])OC(/C=C/c2ccccc2S(=O)(=O)[O-])=C1.[Na+].[Na+]. The van der Waals surface area contributed by atoms with Crippen LogP contribution in [-0.4, -0.2) is 25.9 Å². The first kappa shape index (κ1) is 32.8. The van der Waals surface area contributed by atoms with Gasteiger partial charge < -0.3 is 13.8 Å². The third-order valence-electron chi connectivity index (χ3n) is 4.55. The molecule has 0 spiro atoms. The van der Waals surface area contributed by atoms with Crippen molar-refractivity contribution >= 4 is 32.4 Å². The van der Waals surface area contributed by atoms with Gasteiger partial charge >= 0.3 is 59.1 Å². The predicted molar refractivity (Wildman–Crippen MR) is 123 cm³/mol. The second-order valence-electron chi connectivity index (χ2n) is 6.87. The second kappa shape index (κ2) is 14.0. The summed E-state index contributed by atoms with van der Waals surface area (Å²) in [6.07, 6.45) is 8.08. The Hall–Kier alpha value is -2.26. The Balaban J connectivity index is 0.00000342. The first-order valence-electron chi connectivity index (χ1n) is 9.62. The van der Waals surface area contributed by atoms with E-state index in [1.54, 1.807) is 6.07 Å². The molecule has 0 amide bonds. The topological polar surface area (TPSA) is 152 Å². The molecular formula is C24H14N2Na2O7S2. The van der Waals surface area contributed by atoms with Gasteiger partial charge in [0.1, 0.15) is 31.8 Å². The van der Waals surface area contributed by atoms with Gasteiger partial charge in [0, 0.05) is 0 Å². The summed E-state index contributed by atoms with van der Waals surface area (Å²) < 4.78 is 74.7. The van der Waals surface area contributed by atoms with Crippen LogP contribution in [0.4, 0.5) is 0 Å². The average Bonchev–Trinajstić information content (AvgIpc) is 2.81. The summed E-state index contributed by atoms with van der Waals surface area (Å²) >= 11 is 0. The van der Waals surface area contributed by atoms with E-state index < -0.39 is 30.0 Å². The smallest absolute Gasteiger partial charge is 0.744 e. The predicted octanol–water partition coefficient (Wildman–Crippen LogP) is -2.28. The van der Waals surface area contributed by atoms with Crippen LogP contribution in [0, 0.1) is 17.9 Å². The van der Waals surface area contributed by atoms with Gasteiger partial charge in [-0.3, -0.25) is 0 Å². The van der Waals surface area contributed by atoms with E-state index in [1.165, 1.54) is 72.9 Å². The van der Waals surface area contributed by atoms with Gasteiger partial charge in [-0.05, 0) is 53.1 Å². The molecule has 0 saturated carbocycles. The number of rotatable bonds is 6. The van der Waals surface area contributed by atoms with Gasteiger partial charge in [0.2, 0.25) is 0 Å². The molecule has 2 aromatic carbocycles. The van der Waals surface area contributed by atoms with Crippen molar-refractivity contribution in [2.24, 2.45) is 0 Å². The van der Waals surface area contributed by atoms with Crippen LogP contribution in [0.3, 0.4) is 0 Å². The van der Waals surface area contributed by atoms with Crippen molar-refractivity contribution in [3.8, 4) is 6.07 Å². The molecule has 0 unspecified atom stereocenters. The van der Waals surface area contributed by atoms with Gasteiger partial charge in [-0.2, -0.15) is 0 Å². The van der Waals surface area contributed by atoms with E-state index >= 15 is 0 Å². The number of hydrogen-bond acceptors (Lipinski definition) is 8.